The summed E-state index contributed by atoms with van der Waals surface area (Å²) in [4.78, 5) is 0. The minimum Gasteiger partial charge on any atom is -0.330 e. The molecule has 1 aromatic heterocycles. The lowest BCUT2D eigenvalue weighted by molar-refractivity contribution is 0.575. The van der Waals surface area contributed by atoms with Crippen molar-refractivity contribution in [3.05, 3.63) is 42.2 Å². The SMILES string of the molecule is CCCCCCCCCCc1ccc(-c2cnn(CCCN)c2)cc1.Cl. The highest BCUT2D eigenvalue weighted by molar-refractivity contribution is 5.85. The second kappa shape index (κ2) is 13.8. The first-order chi connectivity index (χ1) is 12.3. The van der Waals surface area contributed by atoms with Crippen LogP contribution < -0.4 is 5.73 Å². The summed E-state index contributed by atoms with van der Waals surface area (Å²) >= 11 is 0. The Morgan fingerprint density at radius 1 is 0.846 bits per heavy atom. The molecule has 0 saturated carbocycles. The fraction of sp³-hybridized carbons (Fsp3) is 0.591. The fourth-order valence-corrected chi connectivity index (χ4v) is 3.22. The van der Waals surface area contributed by atoms with E-state index in [0.717, 1.165) is 13.0 Å². The van der Waals surface area contributed by atoms with Crippen molar-refractivity contribution in [2.75, 3.05) is 6.54 Å². The van der Waals surface area contributed by atoms with E-state index >= 15 is 0 Å². The average Bonchev–Trinajstić information content (AvgIpc) is 3.11. The molecule has 1 aromatic carbocycles. The molecule has 1 heterocycles. The number of benzene rings is 1. The number of rotatable bonds is 13. The first-order valence-corrected chi connectivity index (χ1v) is 10.2. The first kappa shape index (κ1) is 22.7. The van der Waals surface area contributed by atoms with Crippen LogP contribution in [0, 0.1) is 0 Å². The molecule has 3 nitrogen and oxygen atoms in total. The lowest BCUT2D eigenvalue weighted by Gasteiger charge is -2.04. The second-order valence-corrected chi connectivity index (χ2v) is 7.06. The van der Waals surface area contributed by atoms with Gasteiger partial charge in [0.25, 0.3) is 0 Å². The van der Waals surface area contributed by atoms with Gasteiger partial charge >= 0.3 is 0 Å². The molecular weight excluding hydrogens is 342 g/mol. The molecule has 2 N–H and O–H groups in total. The molecule has 0 aliphatic carbocycles. The second-order valence-electron chi connectivity index (χ2n) is 7.06. The van der Waals surface area contributed by atoms with Gasteiger partial charge in [0.2, 0.25) is 0 Å². The van der Waals surface area contributed by atoms with Gasteiger partial charge in [0.1, 0.15) is 0 Å². The summed E-state index contributed by atoms with van der Waals surface area (Å²) in [5.74, 6) is 0. The number of aromatic nitrogens is 2. The molecule has 4 heteroatoms. The van der Waals surface area contributed by atoms with E-state index in [9.17, 15) is 0 Å². The molecule has 2 rings (SSSR count). The van der Waals surface area contributed by atoms with Crippen molar-refractivity contribution in [1.82, 2.24) is 9.78 Å². The summed E-state index contributed by atoms with van der Waals surface area (Å²) in [6.45, 7) is 3.88. The number of halogens is 1. The van der Waals surface area contributed by atoms with Crippen LogP contribution in [0.5, 0.6) is 0 Å². The molecule has 0 aliphatic rings. The number of hydrogen-bond acceptors (Lipinski definition) is 2. The Morgan fingerprint density at radius 3 is 2.15 bits per heavy atom. The maximum absolute atomic E-state index is 5.56. The van der Waals surface area contributed by atoms with Crippen LogP contribution in [0.3, 0.4) is 0 Å². The van der Waals surface area contributed by atoms with Crippen molar-refractivity contribution in [2.24, 2.45) is 5.73 Å². The van der Waals surface area contributed by atoms with E-state index in [0.29, 0.717) is 6.54 Å². The third kappa shape index (κ3) is 8.37. The van der Waals surface area contributed by atoms with Crippen LogP contribution in [0.15, 0.2) is 36.7 Å². The summed E-state index contributed by atoms with van der Waals surface area (Å²) in [5.41, 5.74) is 9.44. The van der Waals surface area contributed by atoms with Crippen LogP contribution in [0.1, 0.15) is 70.3 Å². The number of aryl methyl sites for hydroxylation is 2. The van der Waals surface area contributed by atoms with E-state index in [2.05, 4.69) is 42.5 Å². The van der Waals surface area contributed by atoms with Gasteiger partial charge < -0.3 is 5.73 Å². The largest absolute Gasteiger partial charge is 0.330 e. The Morgan fingerprint density at radius 2 is 1.50 bits per heavy atom. The van der Waals surface area contributed by atoms with Crippen LogP contribution in [0.4, 0.5) is 0 Å². The summed E-state index contributed by atoms with van der Waals surface area (Å²) in [5, 5.41) is 4.41. The lowest BCUT2D eigenvalue weighted by Crippen LogP contribution is -2.05. The Labute approximate surface area is 165 Å². The first-order valence-electron chi connectivity index (χ1n) is 10.2. The Bertz CT molecular complexity index is 577. The summed E-state index contributed by atoms with van der Waals surface area (Å²) in [6.07, 6.45) is 17.3. The molecule has 0 radical (unpaired) electrons. The van der Waals surface area contributed by atoms with Crippen molar-refractivity contribution in [3.8, 4) is 11.1 Å². The third-order valence-electron chi connectivity index (χ3n) is 4.83. The minimum absolute atomic E-state index is 0. The molecule has 0 amide bonds. The normalized spacial score (nSPS) is 10.7. The van der Waals surface area contributed by atoms with Gasteiger partial charge in [-0.05, 0) is 36.9 Å². The minimum atomic E-state index is 0. The molecule has 26 heavy (non-hydrogen) atoms. The molecule has 0 spiro atoms. The van der Waals surface area contributed by atoms with Gasteiger partial charge in [-0.15, -0.1) is 12.4 Å². The van der Waals surface area contributed by atoms with Gasteiger partial charge in [0.05, 0.1) is 6.20 Å². The zero-order chi connectivity index (χ0) is 17.7. The van der Waals surface area contributed by atoms with Gasteiger partial charge in [-0.3, -0.25) is 4.68 Å². The molecule has 0 bridgehead atoms. The molecule has 0 atom stereocenters. The maximum Gasteiger partial charge on any atom is 0.0568 e. The fourth-order valence-electron chi connectivity index (χ4n) is 3.22. The zero-order valence-electron chi connectivity index (χ0n) is 16.3. The van der Waals surface area contributed by atoms with Crippen molar-refractivity contribution in [2.45, 2.75) is 77.7 Å². The highest BCUT2D eigenvalue weighted by Gasteiger charge is 2.02. The Balaban J connectivity index is 0.00000338. The van der Waals surface area contributed by atoms with Gasteiger partial charge in [-0.25, -0.2) is 0 Å². The smallest absolute Gasteiger partial charge is 0.0568 e. The van der Waals surface area contributed by atoms with E-state index in [1.54, 1.807) is 0 Å². The van der Waals surface area contributed by atoms with Gasteiger partial charge in [-0.1, -0.05) is 76.1 Å². The van der Waals surface area contributed by atoms with E-state index < -0.39 is 0 Å². The van der Waals surface area contributed by atoms with Crippen molar-refractivity contribution in [3.63, 3.8) is 0 Å². The summed E-state index contributed by atoms with van der Waals surface area (Å²) in [6, 6.07) is 9.00. The van der Waals surface area contributed by atoms with Crippen molar-refractivity contribution >= 4 is 12.4 Å². The Hall–Kier alpha value is -1.32. The molecule has 146 valence electrons. The molecule has 2 aromatic rings. The number of hydrogen-bond donors (Lipinski definition) is 1. The molecule has 0 fully saturated rings. The highest BCUT2D eigenvalue weighted by Crippen LogP contribution is 2.20. The van der Waals surface area contributed by atoms with Crippen LogP contribution in [0.2, 0.25) is 0 Å². The van der Waals surface area contributed by atoms with Crippen molar-refractivity contribution < 1.29 is 0 Å². The van der Waals surface area contributed by atoms with Gasteiger partial charge in [0.15, 0.2) is 0 Å². The van der Waals surface area contributed by atoms with E-state index in [1.807, 2.05) is 10.9 Å². The van der Waals surface area contributed by atoms with Crippen LogP contribution in [0.25, 0.3) is 11.1 Å². The zero-order valence-corrected chi connectivity index (χ0v) is 17.1. The predicted octanol–water partition coefficient (Wildman–Crippen LogP) is 6.00. The van der Waals surface area contributed by atoms with E-state index in [-0.39, 0.29) is 12.4 Å². The third-order valence-corrected chi connectivity index (χ3v) is 4.83. The van der Waals surface area contributed by atoms with E-state index in [4.69, 9.17) is 5.73 Å². The number of nitrogens with zero attached hydrogens (tertiary/aromatic N) is 2. The number of unbranched alkanes of at least 4 members (excludes halogenated alkanes) is 7. The maximum atomic E-state index is 5.56. The Kier molecular flexibility index (Phi) is 12.1. The molecule has 0 saturated heterocycles. The quantitative estimate of drug-likeness (QED) is 0.435. The topological polar surface area (TPSA) is 43.8 Å². The average molecular weight is 378 g/mol. The van der Waals surface area contributed by atoms with Crippen LogP contribution in [-0.4, -0.2) is 16.3 Å². The molecule has 0 unspecified atom stereocenters. The molecular formula is C22H36ClN3. The lowest BCUT2D eigenvalue weighted by atomic mass is 10.0. The highest BCUT2D eigenvalue weighted by atomic mass is 35.5. The molecule has 0 aliphatic heterocycles. The van der Waals surface area contributed by atoms with Crippen molar-refractivity contribution in [1.29, 1.82) is 0 Å². The van der Waals surface area contributed by atoms with Gasteiger partial charge in [0, 0.05) is 18.3 Å². The monoisotopic (exact) mass is 377 g/mol. The van der Waals surface area contributed by atoms with Gasteiger partial charge in [-0.2, -0.15) is 5.10 Å². The van der Waals surface area contributed by atoms with Crippen LogP contribution >= 0.6 is 12.4 Å². The predicted molar refractivity (Wildman–Crippen MR) is 115 cm³/mol. The van der Waals surface area contributed by atoms with Crippen LogP contribution in [-0.2, 0) is 13.0 Å². The summed E-state index contributed by atoms with van der Waals surface area (Å²) in [7, 11) is 0. The van der Waals surface area contributed by atoms with E-state index in [1.165, 1.54) is 74.5 Å². The number of nitrogens with two attached hydrogens (primary N) is 1. The summed E-state index contributed by atoms with van der Waals surface area (Å²) < 4.78 is 1.98. The standard InChI is InChI=1S/C22H35N3.ClH/c1-2-3-4-5-6-7-8-9-11-20-12-14-21(15-13-20)22-18-24-25(19-22)17-10-16-23;/h12-15,18-19H,2-11,16-17,23H2,1H3;1H.